The van der Waals surface area contributed by atoms with Gasteiger partial charge in [-0.1, -0.05) is 89.1 Å². The summed E-state index contributed by atoms with van der Waals surface area (Å²) < 4.78 is 11.8. The molecule has 0 amide bonds. The summed E-state index contributed by atoms with van der Waals surface area (Å²) in [6, 6.07) is 18.2. The Morgan fingerprint density at radius 2 is 1.65 bits per heavy atom. The first-order valence-corrected chi connectivity index (χ1v) is 11.9. The van der Waals surface area contributed by atoms with Gasteiger partial charge in [-0.25, -0.2) is 4.79 Å². The van der Waals surface area contributed by atoms with Crippen molar-refractivity contribution >= 4 is 5.97 Å². The molecular weight excluding hydrogens is 384 g/mol. The zero-order valence-corrected chi connectivity index (χ0v) is 19.6. The van der Waals surface area contributed by atoms with Crippen LogP contribution in [0.2, 0.25) is 0 Å². The third-order valence-electron chi connectivity index (χ3n) is 6.62. The number of esters is 1. The van der Waals surface area contributed by atoms with Crippen LogP contribution < -0.4 is 0 Å². The standard InChI is InChI=1S/C28H38O3/c1-5-12-26(28(3,4)17-6-2)24-15-10-11-16-25(24)27(29)31-23-18-22(19-23)30-20-21-13-8-7-9-14-21/h7-11,13-16,22-23,26H,5-6,12,17-20H2,1-4H3. The van der Waals surface area contributed by atoms with Gasteiger partial charge in [0, 0.05) is 12.8 Å². The second-order valence-electron chi connectivity index (χ2n) is 9.58. The van der Waals surface area contributed by atoms with Crippen LogP contribution in [0.4, 0.5) is 0 Å². The fourth-order valence-electron chi connectivity index (χ4n) is 4.81. The van der Waals surface area contributed by atoms with Gasteiger partial charge in [0.25, 0.3) is 0 Å². The van der Waals surface area contributed by atoms with E-state index in [0.29, 0.717) is 12.5 Å². The molecule has 1 fully saturated rings. The zero-order valence-electron chi connectivity index (χ0n) is 19.6. The number of carbonyl (C=O) groups is 1. The highest BCUT2D eigenvalue weighted by Crippen LogP contribution is 2.43. The Balaban J connectivity index is 1.60. The third kappa shape index (κ3) is 6.20. The lowest BCUT2D eigenvalue weighted by Crippen LogP contribution is -2.39. The first-order valence-electron chi connectivity index (χ1n) is 11.9. The number of ether oxygens (including phenoxy) is 2. The molecule has 0 spiro atoms. The summed E-state index contributed by atoms with van der Waals surface area (Å²) in [4.78, 5) is 13.1. The van der Waals surface area contributed by atoms with E-state index in [1.807, 2.05) is 36.4 Å². The number of rotatable bonds is 11. The van der Waals surface area contributed by atoms with Gasteiger partial charge in [0.05, 0.1) is 18.3 Å². The maximum absolute atomic E-state index is 13.1. The molecule has 1 aliphatic rings. The van der Waals surface area contributed by atoms with Gasteiger partial charge in [-0.3, -0.25) is 0 Å². The maximum atomic E-state index is 13.1. The van der Waals surface area contributed by atoms with Crippen LogP contribution in [0.25, 0.3) is 0 Å². The molecule has 1 aliphatic carbocycles. The van der Waals surface area contributed by atoms with Gasteiger partial charge in [-0.15, -0.1) is 0 Å². The van der Waals surface area contributed by atoms with Crippen molar-refractivity contribution in [2.75, 3.05) is 0 Å². The normalized spacial score (nSPS) is 19.5. The monoisotopic (exact) mass is 422 g/mol. The van der Waals surface area contributed by atoms with Gasteiger partial charge in [0.2, 0.25) is 0 Å². The van der Waals surface area contributed by atoms with E-state index in [9.17, 15) is 4.79 Å². The minimum atomic E-state index is -0.185. The molecule has 1 saturated carbocycles. The highest BCUT2D eigenvalue weighted by Gasteiger charge is 2.35. The topological polar surface area (TPSA) is 35.5 Å². The van der Waals surface area contributed by atoms with Crippen molar-refractivity contribution in [2.24, 2.45) is 5.41 Å². The van der Waals surface area contributed by atoms with E-state index >= 15 is 0 Å². The van der Waals surface area contributed by atoms with E-state index in [2.05, 4.69) is 45.9 Å². The fourth-order valence-corrected chi connectivity index (χ4v) is 4.81. The van der Waals surface area contributed by atoms with E-state index < -0.39 is 0 Å². The lowest BCUT2D eigenvalue weighted by molar-refractivity contribution is -0.0863. The van der Waals surface area contributed by atoms with E-state index in [1.54, 1.807) is 0 Å². The summed E-state index contributed by atoms with van der Waals surface area (Å²) in [6.07, 6.45) is 6.15. The molecule has 0 bridgehead atoms. The number of hydrogen-bond donors (Lipinski definition) is 0. The lowest BCUT2D eigenvalue weighted by Gasteiger charge is -2.37. The van der Waals surface area contributed by atoms with E-state index in [1.165, 1.54) is 5.56 Å². The van der Waals surface area contributed by atoms with Crippen molar-refractivity contribution < 1.29 is 14.3 Å². The van der Waals surface area contributed by atoms with Crippen LogP contribution in [0, 0.1) is 5.41 Å². The van der Waals surface area contributed by atoms with Crippen LogP contribution in [0.3, 0.4) is 0 Å². The SMILES string of the molecule is CCCC(c1ccccc1C(=O)OC1CC(OCc2ccccc2)C1)C(C)(C)CCC. The summed E-state index contributed by atoms with van der Waals surface area (Å²) in [7, 11) is 0. The smallest absolute Gasteiger partial charge is 0.338 e. The highest BCUT2D eigenvalue weighted by molar-refractivity contribution is 5.91. The first kappa shape index (κ1) is 23.5. The Morgan fingerprint density at radius 1 is 0.968 bits per heavy atom. The van der Waals surface area contributed by atoms with E-state index in [4.69, 9.17) is 9.47 Å². The van der Waals surface area contributed by atoms with Gasteiger partial charge in [-0.2, -0.15) is 0 Å². The summed E-state index contributed by atoms with van der Waals surface area (Å²) in [6.45, 7) is 9.73. The molecule has 3 nitrogen and oxygen atoms in total. The predicted octanol–water partition coefficient (Wildman–Crippen LogP) is 7.30. The molecule has 0 heterocycles. The van der Waals surface area contributed by atoms with Gasteiger partial charge in [0.15, 0.2) is 0 Å². The molecule has 0 N–H and O–H groups in total. The largest absolute Gasteiger partial charge is 0.459 e. The highest BCUT2D eigenvalue weighted by atomic mass is 16.6. The summed E-state index contributed by atoms with van der Waals surface area (Å²) in [5, 5.41) is 0. The molecule has 0 aromatic heterocycles. The average molecular weight is 423 g/mol. The Hall–Kier alpha value is -2.13. The predicted molar refractivity (Wildman–Crippen MR) is 126 cm³/mol. The molecule has 2 aromatic carbocycles. The summed E-state index contributed by atoms with van der Waals surface area (Å²) in [5.74, 6) is 0.167. The molecule has 3 heteroatoms. The molecule has 3 rings (SSSR count). The van der Waals surface area contributed by atoms with Crippen LogP contribution in [-0.2, 0) is 16.1 Å². The first-order chi connectivity index (χ1) is 14.9. The molecule has 0 saturated heterocycles. The maximum Gasteiger partial charge on any atom is 0.338 e. The van der Waals surface area contributed by atoms with Crippen LogP contribution in [-0.4, -0.2) is 18.2 Å². The Kier molecular flexibility index (Phi) is 8.31. The number of benzene rings is 2. The van der Waals surface area contributed by atoms with Crippen molar-refractivity contribution in [3.05, 3.63) is 71.3 Å². The third-order valence-corrected chi connectivity index (χ3v) is 6.62. The second kappa shape index (κ2) is 10.9. The quantitative estimate of drug-likeness (QED) is 0.356. The van der Waals surface area contributed by atoms with Crippen molar-refractivity contribution in [3.8, 4) is 0 Å². The number of hydrogen-bond acceptors (Lipinski definition) is 3. The zero-order chi connectivity index (χ0) is 22.3. The van der Waals surface area contributed by atoms with E-state index in [-0.39, 0.29) is 23.6 Å². The molecule has 0 aliphatic heterocycles. The summed E-state index contributed by atoms with van der Waals surface area (Å²) in [5.41, 5.74) is 3.20. The lowest BCUT2D eigenvalue weighted by atomic mass is 9.69. The molecule has 168 valence electrons. The molecule has 0 radical (unpaired) electrons. The summed E-state index contributed by atoms with van der Waals surface area (Å²) >= 11 is 0. The Labute approximate surface area is 188 Å². The number of carbonyl (C=O) groups excluding carboxylic acids is 1. The Morgan fingerprint density at radius 3 is 2.32 bits per heavy atom. The van der Waals surface area contributed by atoms with E-state index in [0.717, 1.165) is 49.7 Å². The minimum absolute atomic E-state index is 0.0467. The van der Waals surface area contributed by atoms with Crippen molar-refractivity contribution in [1.82, 2.24) is 0 Å². The van der Waals surface area contributed by atoms with Gasteiger partial charge in [-0.05, 0) is 41.4 Å². The fraction of sp³-hybridized carbons (Fsp3) is 0.536. The van der Waals surface area contributed by atoms with Crippen molar-refractivity contribution in [2.45, 2.75) is 91.0 Å². The van der Waals surface area contributed by atoms with Crippen LogP contribution in [0.5, 0.6) is 0 Å². The van der Waals surface area contributed by atoms with Gasteiger partial charge < -0.3 is 9.47 Å². The molecule has 1 atom stereocenters. The molecule has 31 heavy (non-hydrogen) atoms. The van der Waals surface area contributed by atoms with Crippen LogP contribution in [0.15, 0.2) is 54.6 Å². The molecule has 2 aromatic rings. The second-order valence-corrected chi connectivity index (χ2v) is 9.58. The van der Waals surface area contributed by atoms with Gasteiger partial charge >= 0.3 is 5.97 Å². The van der Waals surface area contributed by atoms with Gasteiger partial charge in [0.1, 0.15) is 6.10 Å². The molecular formula is C28H38O3. The Bertz CT molecular complexity index is 821. The minimum Gasteiger partial charge on any atom is -0.459 e. The molecule has 1 unspecified atom stereocenters. The average Bonchev–Trinajstić information content (AvgIpc) is 2.74. The van der Waals surface area contributed by atoms with Crippen LogP contribution >= 0.6 is 0 Å². The van der Waals surface area contributed by atoms with Crippen molar-refractivity contribution in [3.63, 3.8) is 0 Å². The van der Waals surface area contributed by atoms with Crippen LogP contribution in [0.1, 0.15) is 93.6 Å². The van der Waals surface area contributed by atoms with Crippen molar-refractivity contribution in [1.29, 1.82) is 0 Å².